The van der Waals surface area contributed by atoms with Gasteiger partial charge in [-0.2, -0.15) is 0 Å². The van der Waals surface area contributed by atoms with Crippen molar-refractivity contribution in [3.63, 3.8) is 0 Å². The van der Waals surface area contributed by atoms with Crippen LogP contribution in [0.2, 0.25) is 0 Å². The molecular formula is C23H25BrF2N2U. The molecular weight excluding hydrogens is 660 g/mol. The minimum Gasteiger partial charge on any atom is -0.358 e. The van der Waals surface area contributed by atoms with Crippen molar-refractivity contribution in [3.8, 4) is 0 Å². The summed E-state index contributed by atoms with van der Waals surface area (Å²) in [6.07, 6.45) is 1.57. The Kier molecular flexibility index (Phi) is 8.18. The number of H-pyrrole nitrogens is 1. The van der Waals surface area contributed by atoms with Gasteiger partial charge in [0.05, 0.1) is 6.04 Å². The monoisotopic (exact) mass is 684 g/mol. The number of hydrogen-bond donors (Lipinski definition) is 1. The van der Waals surface area contributed by atoms with Gasteiger partial charge in [0.2, 0.25) is 0 Å². The molecule has 0 bridgehead atoms. The Hall–Kier alpha value is -0.668. The Bertz CT molecular complexity index is 950. The van der Waals surface area contributed by atoms with Crippen LogP contribution in [0.25, 0.3) is 10.9 Å². The summed E-state index contributed by atoms with van der Waals surface area (Å²) in [7, 11) is 0. The topological polar surface area (TPSA) is 19.0 Å². The number of hydrogen-bond acceptors (Lipinski definition) is 1. The fraction of sp³-hybridized carbons (Fsp3) is 0.304. The predicted molar refractivity (Wildman–Crippen MR) is 115 cm³/mol. The molecule has 0 saturated heterocycles. The molecule has 0 aliphatic carbocycles. The molecule has 0 radical (unpaired) electrons. The summed E-state index contributed by atoms with van der Waals surface area (Å²) in [5.74, 6) is -3.00. The normalized spacial score (nSPS) is 19.3. The number of alkyl halides is 2. The number of halogens is 3. The molecule has 0 saturated carbocycles. The standard InChI is InChI=1S/C22H22BrF2N2.CH3.U/c1-3-16-12-18-17-6-4-5-7-19(17)26-20(18)21(27(16)13-22(2,24)25)14-8-10-15(23)11-9-14;;/h4-11,16,21,26H,2-3,12-13H2,1H3;1H3;/q2*-1;+2. The van der Waals surface area contributed by atoms with Gasteiger partial charge in [-0.05, 0) is 42.2 Å². The van der Waals surface area contributed by atoms with Gasteiger partial charge in [0.15, 0.2) is 0 Å². The summed E-state index contributed by atoms with van der Waals surface area (Å²) in [6.45, 7) is 4.79. The molecule has 2 unspecified atom stereocenters. The number of aromatic nitrogens is 1. The second kappa shape index (κ2) is 9.64. The molecule has 1 aliphatic rings. The number of benzene rings is 2. The van der Waals surface area contributed by atoms with Crippen molar-refractivity contribution >= 4 is 26.8 Å². The summed E-state index contributed by atoms with van der Waals surface area (Å²) in [4.78, 5) is 5.45. The van der Waals surface area contributed by atoms with Crippen LogP contribution in [0, 0.1) is 45.5 Å². The number of rotatable bonds is 4. The minimum absolute atomic E-state index is 0. The van der Waals surface area contributed by atoms with Gasteiger partial charge < -0.3 is 12.4 Å². The molecule has 29 heavy (non-hydrogen) atoms. The maximum Gasteiger partial charge on any atom is 2.00 e. The van der Waals surface area contributed by atoms with Crippen LogP contribution < -0.4 is 0 Å². The molecule has 4 rings (SSSR count). The molecule has 2 aromatic carbocycles. The molecule has 3 aromatic rings. The Balaban J connectivity index is 0.00000150. The van der Waals surface area contributed by atoms with Crippen LogP contribution in [0.5, 0.6) is 0 Å². The fourth-order valence-corrected chi connectivity index (χ4v) is 4.54. The minimum atomic E-state index is -3.00. The smallest absolute Gasteiger partial charge is 0.358 e. The third-order valence-electron chi connectivity index (χ3n) is 5.43. The number of aromatic amines is 1. The summed E-state index contributed by atoms with van der Waals surface area (Å²) in [5, 5.41) is 1.19. The first-order chi connectivity index (χ1) is 12.9. The summed E-state index contributed by atoms with van der Waals surface area (Å²) in [5.41, 5.74) is 4.33. The van der Waals surface area contributed by atoms with E-state index < -0.39 is 5.92 Å². The molecule has 6 heteroatoms. The SMILES string of the molecule is [CH2-]C(F)(F)CN1C(CC)Cc2c([nH]c3ccccc23)C1c1ccc(Br)cc1.[CH3-].[U+2]. The molecule has 2 atom stereocenters. The second-order valence-corrected chi connectivity index (χ2v) is 8.23. The van der Waals surface area contributed by atoms with E-state index in [0.717, 1.165) is 34.1 Å². The predicted octanol–water partition coefficient (Wildman–Crippen LogP) is 6.58. The Labute approximate surface area is 204 Å². The van der Waals surface area contributed by atoms with Crippen molar-refractivity contribution < 1.29 is 39.9 Å². The first-order valence-electron chi connectivity index (χ1n) is 9.21. The van der Waals surface area contributed by atoms with Crippen molar-refractivity contribution in [2.45, 2.75) is 37.8 Å². The van der Waals surface area contributed by atoms with Crippen LogP contribution in [-0.4, -0.2) is 28.4 Å². The van der Waals surface area contributed by atoms with E-state index in [1.54, 1.807) is 0 Å². The van der Waals surface area contributed by atoms with E-state index in [1.165, 1.54) is 10.9 Å². The molecule has 0 fully saturated rings. The fourth-order valence-electron chi connectivity index (χ4n) is 4.27. The maximum absolute atomic E-state index is 14.0. The number of fused-ring (bicyclic) bond motifs is 3. The summed E-state index contributed by atoms with van der Waals surface area (Å²) < 4.78 is 28.9. The van der Waals surface area contributed by atoms with Crippen LogP contribution in [0.15, 0.2) is 53.0 Å². The molecule has 2 heterocycles. The molecule has 0 spiro atoms. The van der Waals surface area contributed by atoms with Crippen molar-refractivity contribution in [1.29, 1.82) is 0 Å². The molecule has 1 N–H and O–H groups in total. The van der Waals surface area contributed by atoms with Gasteiger partial charge in [-0.3, -0.25) is 11.8 Å². The number of nitrogens with zero attached hydrogens (tertiary/aromatic N) is 1. The summed E-state index contributed by atoms with van der Waals surface area (Å²) >= 11 is 3.47. The van der Waals surface area contributed by atoms with Gasteiger partial charge >= 0.3 is 31.1 Å². The van der Waals surface area contributed by atoms with Gasteiger partial charge in [-0.15, -0.1) is 0 Å². The van der Waals surface area contributed by atoms with Crippen molar-refractivity contribution in [2.75, 3.05) is 6.54 Å². The first kappa shape index (κ1) is 24.6. The molecule has 1 aliphatic heterocycles. The summed E-state index contributed by atoms with van der Waals surface area (Å²) in [6, 6.07) is 15.9. The molecule has 1 aromatic heterocycles. The zero-order valence-corrected chi connectivity index (χ0v) is 22.4. The van der Waals surface area contributed by atoms with E-state index in [9.17, 15) is 8.78 Å². The van der Waals surface area contributed by atoms with E-state index >= 15 is 0 Å². The average molecular weight is 685 g/mol. The Morgan fingerprint density at radius 3 is 2.45 bits per heavy atom. The van der Waals surface area contributed by atoms with Crippen LogP contribution in [-0.2, 0) is 6.42 Å². The van der Waals surface area contributed by atoms with E-state index in [-0.39, 0.29) is 57.2 Å². The van der Waals surface area contributed by atoms with E-state index in [1.807, 2.05) is 47.4 Å². The molecule has 2 nitrogen and oxygen atoms in total. The average Bonchev–Trinajstić information content (AvgIpc) is 2.99. The maximum atomic E-state index is 14.0. The first-order valence-corrected chi connectivity index (χ1v) is 10.0. The van der Waals surface area contributed by atoms with Crippen molar-refractivity contribution in [3.05, 3.63) is 84.2 Å². The Morgan fingerprint density at radius 1 is 1.17 bits per heavy atom. The quantitative estimate of drug-likeness (QED) is 0.308. The van der Waals surface area contributed by atoms with Gasteiger partial charge in [0, 0.05) is 33.7 Å². The van der Waals surface area contributed by atoms with Crippen molar-refractivity contribution in [2.24, 2.45) is 0 Å². The zero-order chi connectivity index (χ0) is 19.2. The van der Waals surface area contributed by atoms with Crippen molar-refractivity contribution in [1.82, 2.24) is 9.88 Å². The molecule has 0 amide bonds. The van der Waals surface area contributed by atoms with Gasteiger partial charge in [0.1, 0.15) is 5.92 Å². The van der Waals surface area contributed by atoms with E-state index in [2.05, 4.69) is 40.8 Å². The number of nitrogens with one attached hydrogen (secondary N) is 1. The second-order valence-electron chi connectivity index (χ2n) is 7.31. The number of para-hydroxylation sites is 1. The van der Waals surface area contributed by atoms with Gasteiger partial charge in [-0.1, -0.05) is 53.2 Å². The van der Waals surface area contributed by atoms with E-state index in [0.29, 0.717) is 0 Å². The largest absolute Gasteiger partial charge is 2.00 e. The third kappa shape index (κ3) is 4.98. The Morgan fingerprint density at radius 2 is 1.83 bits per heavy atom. The van der Waals surface area contributed by atoms with Gasteiger partial charge in [-0.25, -0.2) is 8.78 Å². The zero-order valence-electron chi connectivity index (χ0n) is 16.7. The molecule has 152 valence electrons. The van der Waals surface area contributed by atoms with Crippen LogP contribution >= 0.6 is 15.9 Å². The van der Waals surface area contributed by atoms with E-state index in [4.69, 9.17) is 0 Å². The van der Waals surface area contributed by atoms with Gasteiger partial charge in [0.25, 0.3) is 0 Å². The van der Waals surface area contributed by atoms with Crippen LogP contribution in [0.3, 0.4) is 0 Å². The van der Waals surface area contributed by atoms with Crippen LogP contribution in [0.1, 0.15) is 36.2 Å². The third-order valence-corrected chi connectivity index (χ3v) is 5.96. The van der Waals surface area contributed by atoms with Crippen LogP contribution in [0.4, 0.5) is 8.78 Å².